The number of pyridine rings is 1. The summed E-state index contributed by atoms with van der Waals surface area (Å²) in [6, 6.07) is 8.72. The van der Waals surface area contributed by atoms with Gasteiger partial charge in [0, 0.05) is 54.5 Å². The molecule has 0 atom stereocenters. The van der Waals surface area contributed by atoms with E-state index < -0.39 is 9.84 Å². The molecule has 8 nitrogen and oxygen atoms in total. The molecular weight excluding hydrogens is 508 g/mol. The zero-order valence-electron chi connectivity index (χ0n) is 21.7. The third kappa shape index (κ3) is 7.15. The summed E-state index contributed by atoms with van der Waals surface area (Å²) in [6.07, 6.45) is 5.18. The van der Waals surface area contributed by atoms with Crippen LogP contribution >= 0.6 is 11.3 Å². The first kappa shape index (κ1) is 27.2. The average molecular weight is 543 g/mol. The van der Waals surface area contributed by atoms with Crippen LogP contribution in [0.4, 0.5) is 0 Å². The Kier molecular flexibility index (Phi) is 8.61. The minimum absolute atomic E-state index is 0.0411. The predicted octanol–water partition coefficient (Wildman–Crippen LogP) is 4.20. The Morgan fingerprint density at radius 2 is 1.97 bits per heavy atom. The van der Waals surface area contributed by atoms with E-state index in [0.29, 0.717) is 17.9 Å². The molecule has 4 rings (SSSR count). The van der Waals surface area contributed by atoms with Gasteiger partial charge in [-0.3, -0.25) is 9.78 Å². The molecule has 1 fully saturated rings. The van der Waals surface area contributed by atoms with Gasteiger partial charge in [0.15, 0.2) is 9.84 Å². The summed E-state index contributed by atoms with van der Waals surface area (Å²) in [5.41, 5.74) is 2.74. The Labute approximate surface area is 223 Å². The van der Waals surface area contributed by atoms with Crippen LogP contribution in [-0.4, -0.2) is 67.2 Å². The molecule has 198 valence electrons. The Hall–Kier alpha value is -2.82. The van der Waals surface area contributed by atoms with Gasteiger partial charge in [-0.2, -0.15) is 0 Å². The van der Waals surface area contributed by atoms with Crippen LogP contribution in [0.15, 0.2) is 46.8 Å². The largest absolute Gasteiger partial charge is 0.491 e. The van der Waals surface area contributed by atoms with Gasteiger partial charge in [0.05, 0.1) is 21.7 Å². The number of nitrogens with one attached hydrogen (secondary N) is 1. The molecule has 2 aromatic heterocycles. The standard InChI is InChI=1S/C27H34N4O4S2/c1-5-31-12-10-21(11-13-31)29-27(32)23-8-6-19(16-28-23)24-17-36-26(30-24)15-20-14-22(37(4,33)34)7-9-25(20)35-18(2)3/h6-9,14,16-18,21H,5,10-13,15H2,1-4H3,(H,29,32). The van der Waals surface area contributed by atoms with Gasteiger partial charge >= 0.3 is 0 Å². The molecule has 1 amide bonds. The third-order valence-electron chi connectivity index (χ3n) is 6.38. The lowest BCUT2D eigenvalue weighted by Gasteiger charge is -2.31. The number of aromatic nitrogens is 2. The first-order chi connectivity index (χ1) is 17.6. The van der Waals surface area contributed by atoms with E-state index >= 15 is 0 Å². The summed E-state index contributed by atoms with van der Waals surface area (Å²) >= 11 is 1.49. The van der Waals surface area contributed by atoms with Crippen molar-refractivity contribution in [1.29, 1.82) is 0 Å². The van der Waals surface area contributed by atoms with Gasteiger partial charge in [-0.15, -0.1) is 11.3 Å². The summed E-state index contributed by atoms with van der Waals surface area (Å²) < 4.78 is 30.1. The molecule has 0 saturated carbocycles. The van der Waals surface area contributed by atoms with Crippen LogP contribution in [0, 0.1) is 0 Å². The number of sulfone groups is 1. The summed E-state index contributed by atoms with van der Waals surface area (Å²) in [4.78, 5) is 24.4. The molecule has 1 aliphatic rings. The summed E-state index contributed by atoms with van der Waals surface area (Å²) in [5, 5.41) is 5.88. The van der Waals surface area contributed by atoms with E-state index in [1.807, 2.05) is 25.3 Å². The summed E-state index contributed by atoms with van der Waals surface area (Å²) in [6.45, 7) is 9.07. The van der Waals surface area contributed by atoms with E-state index in [9.17, 15) is 13.2 Å². The Morgan fingerprint density at radius 3 is 2.59 bits per heavy atom. The minimum atomic E-state index is -3.34. The fourth-order valence-electron chi connectivity index (χ4n) is 4.31. The topological polar surface area (TPSA) is 101 Å². The number of nitrogens with zero attached hydrogens (tertiary/aromatic N) is 3. The zero-order valence-corrected chi connectivity index (χ0v) is 23.4. The quantitative estimate of drug-likeness (QED) is 0.432. The second-order valence-electron chi connectivity index (χ2n) is 9.63. The van der Waals surface area contributed by atoms with E-state index in [4.69, 9.17) is 9.72 Å². The number of ether oxygens (including phenoxy) is 1. The number of rotatable bonds is 9. The first-order valence-corrected chi connectivity index (χ1v) is 15.3. The van der Waals surface area contributed by atoms with Crippen molar-refractivity contribution >= 4 is 27.1 Å². The summed E-state index contributed by atoms with van der Waals surface area (Å²) in [7, 11) is -3.34. The molecule has 10 heteroatoms. The van der Waals surface area contributed by atoms with Crippen molar-refractivity contribution in [2.45, 2.75) is 57.1 Å². The smallest absolute Gasteiger partial charge is 0.270 e. The van der Waals surface area contributed by atoms with Gasteiger partial charge < -0.3 is 15.0 Å². The van der Waals surface area contributed by atoms with Gasteiger partial charge in [0.2, 0.25) is 0 Å². The van der Waals surface area contributed by atoms with Crippen LogP contribution < -0.4 is 10.1 Å². The van der Waals surface area contributed by atoms with Gasteiger partial charge in [0.1, 0.15) is 11.4 Å². The molecule has 0 bridgehead atoms. The maximum Gasteiger partial charge on any atom is 0.270 e. The lowest BCUT2D eigenvalue weighted by Crippen LogP contribution is -2.44. The van der Waals surface area contributed by atoms with E-state index in [1.165, 1.54) is 17.6 Å². The Morgan fingerprint density at radius 1 is 1.22 bits per heavy atom. The van der Waals surface area contributed by atoms with Gasteiger partial charge in [0.25, 0.3) is 5.91 Å². The number of amides is 1. The predicted molar refractivity (Wildman–Crippen MR) is 146 cm³/mol. The Bertz CT molecular complexity index is 1330. The highest BCUT2D eigenvalue weighted by atomic mass is 32.2. The van der Waals surface area contributed by atoms with E-state index in [1.54, 1.807) is 30.5 Å². The SMILES string of the molecule is CCN1CCC(NC(=O)c2ccc(-c3csc(Cc4cc(S(C)(=O)=O)ccc4OC(C)C)n3)cn2)CC1. The molecular formula is C27H34N4O4S2. The second kappa shape index (κ2) is 11.7. The normalized spacial score (nSPS) is 15.2. The number of carbonyl (C=O) groups excluding carboxylic acids is 1. The van der Waals surface area contributed by atoms with Gasteiger partial charge in [-0.25, -0.2) is 13.4 Å². The van der Waals surface area contributed by atoms with Crippen molar-refractivity contribution in [2.75, 3.05) is 25.9 Å². The van der Waals surface area contributed by atoms with Crippen LogP contribution in [0.2, 0.25) is 0 Å². The van der Waals surface area contributed by atoms with E-state index in [0.717, 1.165) is 54.3 Å². The number of piperidine rings is 1. The molecule has 0 radical (unpaired) electrons. The van der Waals surface area contributed by atoms with E-state index in [-0.39, 0.29) is 22.9 Å². The maximum atomic E-state index is 12.7. The average Bonchev–Trinajstić information content (AvgIpc) is 3.33. The molecule has 1 N–H and O–H groups in total. The lowest BCUT2D eigenvalue weighted by atomic mass is 10.0. The highest BCUT2D eigenvalue weighted by molar-refractivity contribution is 7.90. The van der Waals surface area contributed by atoms with Gasteiger partial charge in [-0.1, -0.05) is 6.92 Å². The van der Waals surface area contributed by atoms with Crippen LogP contribution in [-0.2, 0) is 16.3 Å². The molecule has 37 heavy (non-hydrogen) atoms. The number of likely N-dealkylation sites (tertiary alicyclic amines) is 1. The van der Waals surface area contributed by atoms with Crippen LogP contribution in [0.1, 0.15) is 54.7 Å². The lowest BCUT2D eigenvalue weighted by molar-refractivity contribution is 0.0907. The van der Waals surface area contributed by atoms with Crippen molar-refractivity contribution in [3.8, 4) is 17.0 Å². The monoisotopic (exact) mass is 542 g/mol. The van der Waals surface area contributed by atoms with Crippen molar-refractivity contribution in [3.63, 3.8) is 0 Å². The molecule has 0 unspecified atom stereocenters. The van der Waals surface area contributed by atoms with Crippen molar-refractivity contribution in [3.05, 3.63) is 58.2 Å². The molecule has 1 aliphatic heterocycles. The van der Waals surface area contributed by atoms with Gasteiger partial charge in [-0.05, 0) is 63.6 Å². The molecule has 3 aromatic rings. The van der Waals surface area contributed by atoms with Crippen LogP contribution in [0.5, 0.6) is 5.75 Å². The molecule has 3 heterocycles. The van der Waals surface area contributed by atoms with Crippen molar-refractivity contribution < 1.29 is 17.9 Å². The number of hydrogen-bond acceptors (Lipinski definition) is 8. The van der Waals surface area contributed by atoms with E-state index in [2.05, 4.69) is 22.1 Å². The van der Waals surface area contributed by atoms with Crippen LogP contribution in [0.25, 0.3) is 11.3 Å². The fraction of sp³-hybridized carbons (Fsp3) is 0.444. The number of carbonyl (C=O) groups is 1. The first-order valence-electron chi connectivity index (χ1n) is 12.6. The number of thiazole rings is 1. The molecule has 1 aromatic carbocycles. The van der Waals surface area contributed by atoms with Crippen LogP contribution in [0.3, 0.4) is 0 Å². The van der Waals surface area contributed by atoms with Crippen molar-refractivity contribution in [1.82, 2.24) is 20.2 Å². The molecule has 0 spiro atoms. The number of benzene rings is 1. The third-order valence-corrected chi connectivity index (χ3v) is 8.34. The molecule has 1 saturated heterocycles. The summed E-state index contributed by atoms with van der Waals surface area (Å²) in [5.74, 6) is 0.500. The molecule has 0 aliphatic carbocycles. The zero-order chi connectivity index (χ0) is 26.6. The Balaban J connectivity index is 1.45. The number of hydrogen-bond donors (Lipinski definition) is 1. The second-order valence-corrected chi connectivity index (χ2v) is 12.6. The van der Waals surface area contributed by atoms with Crippen molar-refractivity contribution in [2.24, 2.45) is 0 Å². The fourth-order valence-corrected chi connectivity index (χ4v) is 5.81. The highest BCUT2D eigenvalue weighted by Gasteiger charge is 2.21. The minimum Gasteiger partial charge on any atom is -0.491 e. The maximum absolute atomic E-state index is 12.7. The highest BCUT2D eigenvalue weighted by Crippen LogP contribution is 2.29.